The van der Waals surface area contributed by atoms with E-state index in [0.717, 1.165) is 6.42 Å². The Morgan fingerprint density at radius 3 is 2.74 bits per heavy atom. The molecule has 2 aliphatic heterocycles. The second-order valence-corrected chi connectivity index (χ2v) is 8.68. The minimum Gasteiger partial charge on any atom is -0.496 e. The van der Waals surface area contributed by atoms with E-state index in [1.165, 1.54) is 38.8 Å². The van der Waals surface area contributed by atoms with E-state index in [1.54, 1.807) is 26.4 Å². The van der Waals surface area contributed by atoms with Crippen LogP contribution in [0.4, 0.5) is 0 Å². The highest BCUT2D eigenvalue weighted by Gasteiger charge is 2.33. The van der Waals surface area contributed by atoms with Crippen molar-refractivity contribution in [2.75, 3.05) is 33.9 Å². The maximum Gasteiger partial charge on any atom is 0.340 e. The smallest absolute Gasteiger partial charge is 0.340 e. The number of carbonyl (C=O) groups excluding carboxylic acids is 1. The number of methoxy groups -OCH3 is 2. The quantitative estimate of drug-likeness (QED) is 0.713. The lowest BCUT2D eigenvalue weighted by atomic mass is 9.83. The third kappa shape index (κ3) is 4.42. The van der Waals surface area contributed by atoms with Crippen LogP contribution in [0.1, 0.15) is 43.2 Å². The molecule has 1 N–H and O–H groups in total. The van der Waals surface area contributed by atoms with E-state index in [9.17, 15) is 9.59 Å². The van der Waals surface area contributed by atoms with Gasteiger partial charge in [0.15, 0.2) is 0 Å². The summed E-state index contributed by atoms with van der Waals surface area (Å²) in [5, 5.41) is 3.78. The number of carbonyl (C=O) groups is 1. The lowest BCUT2D eigenvalue weighted by molar-refractivity contribution is -0.120. The number of fused-ring (bicyclic) bond motifs is 2. The normalized spacial score (nSPS) is 21.5. The van der Waals surface area contributed by atoms with Gasteiger partial charge < -0.3 is 24.1 Å². The van der Waals surface area contributed by atoms with Crippen molar-refractivity contribution in [1.29, 1.82) is 0 Å². The Bertz CT molecular complexity index is 1010. The van der Waals surface area contributed by atoms with Crippen LogP contribution in [0.15, 0.2) is 21.3 Å². The minimum absolute atomic E-state index is 0.000388. The highest BCUT2D eigenvalue weighted by atomic mass is 16.5. The molecule has 0 radical (unpaired) electrons. The van der Waals surface area contributed by atoms with E-state index in [1.807, 2.05) is 6.92 Å². The van der Waals surface area contributed by atoms with Crippen LogP contribution in [-0.2, 0) is 11.2 Å². The molecule has 0 bridgehead atoms. The number of hydrogen-bond acceptors (Lipinski definition) is 6. The molecule has 3 heterocycles. The Kier molecular flexibility index (Phi) is 6.51. The molecule has 1 amide bonds. The molecule has 0 saturated carbocycles. The molecular weight excluding hydrogens is 396 g/mol. The van der Waals surface area contributed by atoms with Gasteiger partial charge in [0, 0.05) is 24.7 Å². The van der Waals surface area contributed by atoms with Crippen LogP contribution in [0.5, 0.6) is 11.5 Å². The second-order valence-electron chi connectivity index (χ2n) is 8.68. The van der Waals surface area contributed by atoms with Crippen LogP contribution in [0.3, 0.4) is 0 Å². The fourth-order valence-corrected chi connectivity index (χ4v) is 5.25. The number of amides is 1. The van der Waals surface area contributed by atoms with Gasteiger partial charge in [0.25, 0.3) is 0 Å². The van der Waals surface area contributed by atoms with E-state index < -0.39 is 5.63 Å². The summed E-state index contributed by atoms with van der Waals surface area (Å²) in [7, 11) is 3.10. The molecule has 7 nitrogen and oxygen atoms in total. The number of ether oxygens (including phenoxy) is 2. The Hall–Kier alpha value is -2.54. The molecule has 2 atom stereocenters. The zero-order chi connectivity index (χ0) is 22.0. The van der Waals surface area contributed by atoms with E-state index in [0.29, 0.717) is 52.1 Å². The molecule has 2 saturated heterocycles. The summed E-state index contributed by atoms with van der Waals surface area (Å²) in [6, 6.07) is 3.99. The zero-order valence-corrected chi connectivity index (χ0v) is 18.7. The molecule has 1 aromatic heterocycles. The van der Waals surface area contributed by atoms with Gasteiger partial charge in [-0.25, -0.2) is 4.79 Å². The van der Waals surface area contributed by atoms with Crippen molar-refractivity contribution >= 4 is 16.9 Å². The molecule has 31 heavy (non-hydrogen) atoms. The van der Waals surface area contributed by atoms with Gasteiger partial charge >= 0.3 is 5.63 Å². The lowest BCUT2D eigenvalue weighted by Gasteiger charge is -2.44. The topological polar surface area (TPSA) is 81.0 Å². The summed E-state index contributed by atoms with van der Waals surface area (Å²) in [6.07, 6.45) is 6.11. The van der Waals surface area contributed by atoms with E-state index in [-0.39, 0.29) is 12.3 Å². The standard InChI is InChI=1S/C24H32N2O5/c1-15-18(24(28)31-21-12-17(29-2)11-20(30-3)23(15)21)13-22(27)25-14-16-7-6-10-26-9-5-4-8-19(16)26/h11-12,16,19H,4-10,13-14H2,1-3H3,(H,25,27). The van der Waals surface area contributed by atoms with Crippen LogP contribution < -0.4 is 20.4 Å². The predicted molar refractivity (Wildman–Crippen MR) is 119 cm³/mol. The maximum absolute atomic E-state index is 12.8. The number of nitrogens with zero attached hydrogens (tertiary/aromatic N) is 1. The van der Waals surface area contributed by atoms with Crippen LogP contribution in [0, 0.1) is 12.8 Å². The summed E-state index contributed by atoms with van der Waals surface area (Å²) >= 11 is 0. The molecule has 2 unspecified atom stereocenters. The van der Waals surface area contributed by atoms with Gasteiger partial charge in [0.2, 0.25) is 5.91 Å². The molecular formula is C24H32N2O5. The van der Waals surface area contributed by atoms with E-state index in [4.69, 9.17) is 13.9 Å². The Labute approximate surface area is 182 Å². The minimum atomic E-state index is -0.494. The molecule has 168 valence electrons. The van der Waals surface area contributed by atoms with E-state index >= 15 is 0 Å². The SMILES string of the molecule is COc1cc(OC)c2c(C)c(CC(=O)NCC3CCCN4CCCCC34)c(=O)oc2c1. The predicted octanol–water partition coefficient (Wildman–Crippen LogP) is 3.04. The largest absolute Gasteiger partial charge is 0.496 e. The summed E-state index contributed by atoms with van der Waals surface area (Å²) in [6.45, 7) is 4.86. The van der Waals surface area contributed by atoms with Crippen LogP contribution >= 0.6 is 0 Å². The third-order valence-corrected chi connectivity index (χ3v) is 6.90. The number of aryl methyl sites for hydroxylation is 1. The van der Waals surface area contributed by atoms with Gasteiger partial charge in [-0.2, -0.15) is 0 Å². The first kappa shape index (κ1) is 21.7. The number of benzene rings is 1. The summed E-state index contributed by atoms with van der Waals surface area (Å²) in [5.74, 6) is 1.44. The molecule has 2 fully saturated rings. The van der Waals surface area contributed by atoms with Crippen molar-refractivity contribution in [2.45, 2.75) is 51.5 Å². The highest BCUT2D eigenvalue weighted by Crippen LogP contribution is 2.34. The van der Waals surface area contributed by atoms with Gasteiger partial charge in [-0.3, -0.25) is 4.79 Å². The van der Waals surface area contributed by atoms with Gasteiger partial charge in [0.1, 0.15) is 17.1 Å². The summed E-state index contributed by atoms with van der Waals surface area (Å²) < 4.78 is 16.3. The average molecular weight is 429 g/mol. The Balaban J connectivity index is 1.50. The van der Waals surface area contributed by atoms with Crippen LogP contribution in [0.25, 0.3) is 11.0 Å². The first-order valence-corrected chi connectivity index (χ1v) is 11.2. The fraction of sp³-hybridized carbons (Fsp3) is 0.583. The van der Waals surface area contributed by atoms with Crippen molar-refractivity contribution in [3.05, 3.63) is 33.7 Å². The molecule has 2 aliphatic rings. The maximum atomic E-state index is 12.8. The molecule has 0 spiro atoms. The molecule has 1 aromatic carbocycles. The van der Waals surface area contributed by atoms with Crippen molar-refractivity contribution in [2.24, 2.45) is 5.92 Å². The summed E-state index contributed by atoms with van der Waals surface area (Å²) in [5.41, 5.74) is 0.975. The third-order valence-electron chi connectivity index (χ3n) is 6.90. The number of rotatable bonds is 6. The lowest BCUT2D eigenvalue weighted by Crippen LogP contribution is -2.51. The molecule has 7 heteroatoms. The van der Waals surface area contributed by atoms with Gasteiger partial charge in [0.05, 0.1) is 31.6 Å². The monoisotopic (exact) mass is 428 g/mol. The van der Waals surface area contributed by atoms with Gasteiger partial charge in [-0.15, -0.1) is 0 Å². The summed E-state index contributed by atoms with van der Waals surface area (Å²) in [4.78, 5) is 28.0. The highest BCUT2D eigenvalue weighted by molar-refractivity contribution is 5.90. The first-order valence-electron chi connectivity index (χ1n) is 11.2. The Morgan fingerprint density at radius 1 is 1.16 bits per heavy atom. The average Bonchev–Trinajstić information content (AvgIpc) is 2.79. The number of nitrogens with one attached hydrogen (secondary N) is 1. The molecule has 4 rings (SSSR count). The van der Waals surface area contributed by atoms with Gasteiger partial charge in [-0.1, -0.05) is 6.42 Å². The van der Waals surface area contributed by atoms with Crippen molar-refractivity contribution < 1.29 is 18.7 Å². The van der Waals surface area contributed by atoms with Gasteiger partial charge in [-0.05, 0) is 57.2 Å². The molecule has 0 aliphatic carbocycles. The van der Waals surface area contributed by atoms with Crippen molar-refractivity contribution in [3.8, 4) is 11.5 Å². The number of piperidine rings is 2. The van der Waals surface area contributed by atoms with Crippen LogP contribution in [0.2, 0.25) is 0 Å². The van der Waals surface area contributed by atoms with Crippen molar-refractivity contribution in [1.82, 2.24) is 10.2 Å². The Morgan fingerprint density at radius 2 is 1.97 bits per heavy atom. The fourth-order valence-electron chi connectivity index (χ4n) is 5.25. The zero-order valence-electron chi connectivity index (χ0n) is 18.7. The second kappa shape index (κ2) is 9.30. The van der Waals surface area contributed by atoms with E-state index in [2.05, 4.69) is 10.2 Å². The first-order chi connectivity index (χ1) is 15.0. The van der Waals surface area contributed by atoms with Crippen molar-refractivity contribution in [3.63, 3.8) is 0 Å². The number of hydrogen-bond donors (Lipinski definition) is 1. The molecule has 2 aromatic rings. The van der Waals surface area contributed by atoms with Crippen LogP contribution in [-0.4, -0.2) is 50.7 Å².